The van der Waals surface area contributed by atoms with Gasteiger partial charge in [-0.15, -0.1) is 0 Å². The first-order chi connectivity index (χ1) is 19.4. The van der Waals surface area contributed by atoms with Crippen molar-refractivity contribution in [2.75, 3.05) is 16.2 Å². The number of piperidine rings is 1. The van der Waals surface area contributed by atoms with Crippen LogP contribution in [0, 0.1) is 24.7 Å². The lowest BCUT2D eigenvalue weighted by atomic mass is 9.59. The summed E-state index contributed by atoms with van der Waals surface area (Å²) in [4.78, 5) is 22.3. The van der Waals surface area contributed by atoms with Gasteiger partial charge in [0.2, 0.25) is 0 Å². The summed E-state index contributed by atoms with van der Waals surface area (Å²) < 4.78 is 70.4. The number of pyridine rings is 2. The molecule has 0 spiro atoms. The second-order valence-corrected chi connectivity index (χ2v) is 12.3. The summed E-state index contributed by atoms with van der Waals surface area (Å²) in [5.74, 6) is -0.830. The Hall–Kier alpha value is -3.67. The maximum atomic E-state index is 13.8. The fourth-order valence-electron chi connectivity index (χ4n) is 6.24. The summed E-state index contributed by atoms with van der Waals surface area (Å²) in [5, 5.41) is 9.38. The number of carbonyl (C=O) groups is 1. The van der Waals surface area contributed by atoms with Gasteiger partial charge in [-0.1, -0.05) is 50.1 Å². The van der Waals surface area contributed by atoms with Gasteiger partial charge in [-0.2, -0.15) is 21.6 Å². The third kappa shape index (κ3) is 5.61. The number of carboxylic acid groups (broad SMARTS) is 1. The Labute approximate surface area is 236 Å². The maximum absolute atomic E-state index is 13.8. The minimum Gasteiger partial charge on any atom is -0.481 e. The van der Waals surface area contributed by atoms with Crippen molar-refractivity contribution < 1.29 is 31.5 Å². The van der Waals surface area contributed by atoms with Crippen LogP contribution in [0.1, 0.15) is 43.7 Å². The van der Waals surface area contributed by atoms with Crippen molar-refractivity contribution >= 4 is 27.6 Å². The molecule has 8 nitrogen and oxygen atoms in total. The molecule has 0 amide bonds. The first-order valence-electron chi connectivity index (χ1n) is 13.5. The first-order valence-corrected chi connectivity index (χ1v) is 15.0. The smallest absolute Gasteiger partial charge is 0.418 e. The highest BCUT2D eigenvalue weighted by Gasteiger charge is 2.53. The number of hydrogen-bond acceptors (Lipinski definition) is 6. The Balaban J connectivity index is 1.43. The monoisotopic (exact) mass is 588 g/mol. The van der Waals surface area contributed by atoms with E-state index in [9.17, 15) is 31.5 Å². The van der Waals surface area contributed by atoms with E-state index in [2.05, 4.69) is 21.6 Å². The standard InChI is InChI=1S/C29H31F3N4O4S/c1-3-7-18-14-15-36(22-16-20(26(18)22)28(37)38)24-10-6-11-25(34-24)41(39,40)35-23-13-12-21(29(30,31)32)27(33-23)19-9-5-4-8-17(19)2/h4-6,8-13,18,20,22,26H,3,7,14-16H2,1-2H3,(H,33,35)(H,37,38)/t18?,20?,22-,26?/m0/s1. The van der Waals surface area contributed by atoms with E-state index in [1.54, 1.807) is 37.3 Å². The number of hydrogen-bond donors (Lipinski definition) is 2. The number of aliphatic carboxylic acids is 1. The molecular weight excluding hydrogens is 557 g/mol. The average molecular weight is 589 g/mol. The van der Waals surface area contributed by atoms with E-state index in [-0.39, 0.29) is 40.0 Å². The molecule has 41 heavy (non-hydrogen) atoms. The summed E-state index contributed by atoms with van der Waals surface area (Å²) in [7, 11) is -4.31. The molecule has 2 fully saturated rings. The van der Waals surface area contributed by atoms with Gasteiger partial charge in [0.1, 0.15) is 11.6 Å². The van der Waals surface area contributed by atoms with Gasteiger partial charge in [0.25, 0.3) is 10.0 Å². The Morgan fingerprint density at radius 2 is 1.85 bits per heavy atom. The predicted molar refractivity (Wildman–Crippen MR) is 148 cm³/mol. The number of aryl methyl sites for hydroxylation is 1. The van der Waals surface area contributed by atoms with Crippen molar-refractivity contribution in [1.82, 2.24) is 9.97 Å². The second kappa shape index (κ2) is 11.0. The highest BCUT2D eigenvalue weighted by molar-refractivity contribution is 7.92. The van der Waals surface area contributed by atoms with Crippen LogP contribution in [-0.2, 0) is 21.0 Å². The highest BCUT2D eigenvalue weighted by atomic mass is 32.2. The van der Waals surface area contributed by atoms with Crippen LogP contribution in [0.4, 0.5) is 24.8 Å². The zero-order valence-electron chi connectivity index (χ0n) is 22.6. The molecule has 1 aliphatic carbocycles. The molecule has 4 atom stereocenters. The molecule has 12 heteroatoms. The minimum absolute atomic E-state index is 0.0300. The van der Waals surface area contributed by atoms with Gasteiger partial charge in [0.15, 0.2) is 5.03 Å². The van der Waals surface area contributed by atoms with Crippen LogP contribution in [0.15, 0.2) is 59.6 Å². The Kier molecular flexibility index (Phi) is 7.71. The van der Waals surface area contributed by atoms with E-state index >= 15 is 0 Å². The summed E-state index contributed by atoms with van der Waals surface area (Å²) in [6.07, 6.45) is -1.54. The number of aromatic nitrogens is 2. The van der Waals surface area contributed by atoms with Crippen LogP contribution < -0.4 is 9.62 Å². The normalized spacial score (nSPS) is 22.5. The van der Waals surface area contributed by atoms with Crippen LogP contribution in [0.5, 0.6) is 0 Å². The number of carboxylic acids is 1. The van der Waals surface area contributed by atoms with Gasteiger partial charge < -0.3 is 10.0 Å². The van der Waals surface area contributed by atoms with Crippen LogP contribution in [0.2, 0.25) is 0 Å². The summed E-state index contributed by atoms with van der Waals surface area (Å²) in [6, 6.07) is 12.7. The maximum Gasteiger partial charge on any atom is 0.418 e. The highest BCUT2D eigenvalue weighted by Crippen LogP contribution is 2.50. The summed E-state index contributed by atoms with van der Waals surface area (Å²) >= 11 is 0. The molecule has 218 valence electrons. The first kappa shape index (κ1) is 28.8. The van der Waals surface area contributed by atoms with E-state index in [1.807, 2.05) is 4.90 Å². The van der Waals surface area contributed by atoms with E-state index in [4.69, 9.17) is 0 Å². The quantitative estimate of drug-likeness (QED) is 0.333. The minimum atomic E-state index is -4.69. The molecule has 1 aliphatic heterocycles. The third-order valence-corrected chi connectivity index (χ3v) is 9.44. The number of benzene rings is 1. The lowest BCUT2D eigenvalue weighted by Gasteiger charge is -2.56. The summed E-state index contributed by atoms with van der Waals surface area (Å²) in [5.41, 5.74) is -0.559. The molecule has 2 aliphatic rings. The molecule has 1 aromatic carbocycles. The van der Waals surface area contributed by atoms with Crippen molar-refractivity contribution in [1.29, 1.82) is 0 Å². The largest absolute Gasteiger partial charge is 0.481 e. The molecule has 5 rings (SSSR count). The molecule has 0 radical (unpaired) electrons. The SMILES string of the molecule is CCCC1CCN(c2cccc(S(=O)(=O)Nc3ccc(C(F)(F)F)c(-c4ccccc4C)n3)n2)[C@H]2CC(C(=O)O)C12. The third-order valence-electron chi connectivity index (χ3n) is 8.18. The van der Waals surface area contributed by atoms with Gasteiger partial charge >= 0.3 is 12.1 Å². The zero-order valence-corrected chi connectivity index (χ0v) is 23.4. The van der Waals surface area contributed by atoms with Crippen molar-refractivity contribution in [3.63, 3.8) is 0 Å². The van der Waals surface area contributed by atoms with Crippen LogP contribution in [-0.4, -0.2) is 42.0 Å². The molecule has 1 saturated carbocycles. The molecule has 3 aromatic rings. The van der Waals surface area contributed by atoms with E-state index < -0.39 is 33.7 Å². The van der Waals surface area contributed by atoms with Crippen LogP contribution in [0.3, 0.4) is 0 Å². The van der Waals surface area contributed by atoms with Gasteiger partial charge in [0.05, 0.1) is 17.2 Å². The zero-order chi connectivity index (χ0) is 29.5. The topological polar surface area (TPSA) is 112 Å². The average Bonchev–Trinajstić information content (AvgIpc) is 2.89. The predicted octanol–water partition coefficient (Wildman–Crippen LogP) is 5.99. The number of nitrogens with one attached hydrogen (secondary N) is 1. The number of halogens is 3. The number of rotatable bonds is 8. The lowest BCUT2D eigenvalue weighted by molar-refractivity contribution is -0.152. The Morgan fingerprint density at radius 3 is 2.54 bits per heavy atom. The second-order valence-electron chi connectivity index (χ2n) is 10.7. The Morgan fingerprint density at radius 1 is 1.10 bits per heavy atom. The van der Waals surface area contributed by atoms with Crippen LogP contribution >= 0.6 is 0 Å². The number of fused-ring (bicyclic) bond motifs is 1. The van der Waals surface area contributed by atoms with Gasteiger partial charge in [0, 0.05) is 18.2 Å². The van der Waals surface area contributed by atoms with E-state index in [1.165, 1.54) is 12.1 Å². The molecule has 3 heterocycles. The molecule has 2 aromatic heterocycles. The molecule has 3 unspecified atom stereocenters. The lowest BCUT2D eigenvalue weighted by Crippen LogP contribution is -2.61. The van der Waals surface area contributed by atoms with Gasteiger partial charge in [-0.05, 0) is 61.4 Å². The molecule has 1 saturated heterocycles. The molecule has 0 bridgehead atoms. The van der Waals surface area contributed by atoms with Crippen molar-refractivity contribution in [2.45, 2.75) is 56.8 Å². The summed E-state index contributed by atoms with van der Waals surface area (Å²) in [6.45, 7) is 4.36. The molecular formula is C29H31F3N4O4S. The van der Waals surface area contributed by atoms with E-state index in [0.29, 0.717) is 24.3 Å². The number of nitrogens with zero attached hydrogens (tertiary/aromatic N) is 3. The van der Waals surface area contributed by atoms with Crippen molar-refractivity contribution in [3.8, 4) is 11.3 Å². The fourth-order valence-corrected chi connectivity index (χ4v) is 7.20. The van der Waals surface area contributed by atoms with Crippen LogP contribution in [0.25, 0.3) is 11.3 Å². The molecule has 2 N–H and O–H groups in total. The van der Waals surface area contributed by atoms with E-state index in [0.717, 1.165) is 31.4 Å². The Bertz CT molecular complexity index is 1560. The van der Waals surface area contributed by atoms with Crippen molar-refractivity contribution in [2.24, 2.45) is 17.8 Å². The fraction of sp³-hybridized carbons (Fsp3) is 0.414. The van der Waals surface area contributed by atoms with Crippen molar-refractivity contribution in [3.05, 3.63) is 65.7 Å². The van der Waals surface area contributed by atoms with Gasteiger partial charge in [-0.3, -0.25) is 9.52 Å². The number of sulfonamides is 1. The number of anilines is 2. The number of alkyl halides is 3. The van der Waals surface area contributed by atoms with Gasteiger partial charge in [-0.25, -0.2) is 9.97 Å².